The number of ketones is 2. The molecule has 0 saturated heterocycles. The van der Waals surface area contributed by atoms with Gasteiger partial charge in [-0.25, -0.2) is 13.2 Å². The first-order valence-electron chi connectivity index (χ1n) is 7.61. The highest BCUT2D eigenvalue weighted by atomic mass is 19.1. The maximum absolute atomic E-state index is 14.8. The molecule has 0 aromatic heterocycles. The van der Waals surface area contributed by atoms with Gasteiger partial charge < -0.3 is 0 Å². The zero-order valence-electron chi connectivity index (χ0n) is 13.9. The fraction of sp³-hybridized carbons (Fsp3) is 0.158. The lowest BCUT2D eigenvalue weighted by molar-refractivity contribution is 0.0758. The molecule has 1 aromatic rings. The summed E-state index contributed by atoms with van der Waals surface area (Å²) in [5, 5.41) is 36.4. The number of allylic oxidation sites excluding steroid dienone is 4. The fourth-order valence-corrected chi connectivity index (χ4v) is 3.56. The monoisotopic (exact) mass is 378 g/mol. The smallest absolute Gasteiger partial charge is 0.177 e. The predicted octanol–water partition coefficient (Wildman–Crippen LogP) is 2.92. The molecule has 1 aromatic carbocycles. The van der Waals surface area contributed by atoms with Crippen LogP contribution in [0.1, 0.15) is 38.8 Å². The number of benzene rings is 1. The first kappa shape index (κ1) is 18.6. The molecule has 9 heteroatoms. The van der Waals surface area contributed by atoms with E-state index in [9.17, 15) is 28.0 Å². The third-order valence-corrected chi connectivity index (χ3v) is 4.84. The number of carbonyl (C=O) groups excluding carboxylic acids is 2. The highest BCUT2D eigenvalue weighted by Crippen LogP contribution is 2.47. The minimum absolute atomic E-state index is 0.142. The average Bonchev–Trinajstić information content (AvgIpc) is 2.67. The quantitative estimate of drug-likeness (QED) is 0.682. The van der Waals surface area contributed by atoms with Crippen molar-refractivity contribution < 1.29 is 22.8 Å². The van der Waals surface area contributed by atoms with Gasteiger partial charge in [0, 0.05) is 0 Å². The largest absolute Gasteiger partial charge is 0.293 e. The lowest BCUT2D eigenvalue weighted by Gasteiger charge is -2.34. The van der Waals surface area contributed by atoms with Crippen molar-refractivity contribution in [2.75, 3.05) is 0 Å². The molecule has 0 heterocycles. The fourth-order valence-electron chi connectivity index (χ4n) is 3.56. The molecule has 0 fully saturated rings. The van der Waals surface area contributed by atoms with E-state index in [2.05, 4.69) is 0 Å². The number of hydrogen-bond acceptors (Lipinski definition) is 6. The van der Waals surface area contributed by atoms with Gasteiger partial charge >= 0.3 is 0 Å². The molecule has 0 N–H and O–H groups in total. The maximum atomic E-state index is 14.8. The van der Waals surface area contributed by atoms with Crippen molar-refractivity contribution >= 4 is 11.6 Å². The number of Topliss-reactive ketones (excluding diaryl/α,β-unsaturated/α-hetero) is 2. The summed E-state index contributed by atoms with van der Waals surface area (Å²) < 4.78 is 44.3. The van der Waals surface area contributed by atoms with Gasteiger partial charge in [0.25, 0.3) is 0 Å². The van der Waals surface area contributed by atoms with Gasteiger partial charge in [-0.2, -0.15) is 21.0 Å². The molecular formula is C19H5F3N4O2. The molecule has 0 saturated carbocycles. The Hall–Kier alpha value is -4.21. The number of nitrogens with zero attached hydrogens (tertiary/aromatic N) is 4. The van der Waals surface area contributed by atoms with Gasteiger partial charge in [0.15, 0.2) is 23.2 Å². The van der Waals surface area contributed by atoms with Gasteiger partial charge in [0.1, 0.15) is 46.8 Å². The Labute approximate surface area is 155 Å². The van der Waals surface area contributed by atoms with Crippen molar-refractivity contribution in [2.24, 2.45) is 11.8 Å². The molecule has 0 aliphatic heterocycles. The minimum atomic E-state index is -1.96. The van der Waals surface area contributed by atoms with E-state index in [1.165, 1.54) is 25.1 Å². The van der Waals surface area contributed by atoms with Gasteiger partial charge in [-0.05, 0) is 12.5 Å². The van der Waals surface area contributed by atoms with E-state index in [1.54, 1.807) is 6.07 Å². The summed E-state index contributed by atoms with van der Waals surface area (Å²) in [5.41, 5.74) is -5.71. The van der Waals surface area contributed by atoms with Crippen LogP contribution in [0.5, 0.6) is 0 Å². The Morgan fingerprint density at radius 1 is 0.714 bits per heavy atom. The molecular weight excluding hydrogens is 373 g/mol. The standard InChI is InChI=1S/C19H5F3N4O2/c1-6-7(2-23)8(3-24)15(20)12-11(6)18(27)13-14(19(12)28)17(22)10(5-26)9(4-25)16(13)21/h11-12H,1H3. The van der Waals surface area contributed by atoms with Crippen molar-refractivity contribution in [1.82, 2.24) is 0 Å². The van der Waals surface area contributed by atoms with E-state index in [4.69, 9.17) is 15.8 Å². The number of fused-ring (bicyclic) bond motifs is 2. The molecule has 0 radical (unpaired) electrons. The molecule has 2 aliphatic carbocycles. The summed E-state index contributed by atoms with van der Waals surface area (Å²) in [6.07, 6.45) is 0. The Morgan fingerprint density at radius 3 is 1.54 bits per heavy atom. The van der Waals surface area contributed by atoms with E-state index in [-0.39, 0.29) is 5.57 Å². The van der Waals surface area contributed by atoms with Crippen molar-refractivity contribution in [2.45, 2.75) is 6.92 Å². The van der Waals surface area contributed by atoms with Crippen LogP contribution in [0.3, 0.4) is 0 Å². The minimum Gasteiger partial charge on any atom is -0.293 e. The summed E-state index contributed by atoms with van der Waals surface area (Å²) in [6, 6.07) is 5.55. The van der Waals surface area contributed by atoms with E-state index >= 15 is 0 Å². The molecule has 134 valence electrons. The van der Waals surface area contributed by atoms with E-state index in [0.29, 0.717) is 0 Å². The summed E-state index contributed by atoms with van der Waals surface area (Å²) in [4.78, 5) is 25.7. The number of hydrogen-bond donors (Lipinski definition) is 0. The highest BCUT2D eigenvalue weighted by Gasteiger charge is 2.52. The van der Waals surface area contributed by atoms with Gasteiger partial charge in [-0.3, -0.25) is 9.59 Å². The zero-order valence-corrected chi connectivity index (χ0v) is 13.9. The second-order valence-electron chi connectivity index (χ2n) is 6.04. The van der Waals surface area contributed by atoms with Crippen molar-refractivity contribution in [3.05, 3.63) is 56.4 Å². The third kappa shape index (κ3) is 2.05. The van der Waals surface area contributed by atoms with E-state index in [1.807, 2.05) is 0 Å². The van der Waals surface area contributed by atoms with Crippen LogP contribution < -0.4 is 0 Å². The first-order chi connectivity index (χ1) is 13.3. The second-order valence-corrected chi connectivity index (χ2v) is 6.04. The summed E-state index contributed by atoms with van der Waals surface area (Å²) in [7, 11) is 0. The van der Waals surface area contributed by atoms with Crippen molar-refractivity contribution in [1.29, 1.82) is 21.0 Å². The lowest BCUT2D eigenvalue weighted by atomic mass is 9.65. The van der Waals surface area contributed by atoms with Crippen LogP contribution in [0.15, 0.2) is 22.5 Å². The van der Waals surface area contributed by atoms with Crippen LogP contribution in [-0.4, -0.2) is 11.6 Å². The van der Waals surface area contributed by atoms with E-state index < -0.39 is 74.3 Å². The number of halogens is 3. The summed E-state index contributed by atoms with van der Waals surface area (Å²) in [5.74, 6) is -10.8. The predicted molar refractivity (Wildman–Crippen MR) is 83.5 cm³/mol. The molecule has 6 nitrogen and oxygen atoms in total. The van der Waals surface area contributed by atoms with Gasteiger partial charge in [0.05, 0.1) is 28.5 Å². The van der Waals surface area contributed by atoms with E-state index in [0.717, 1.165) is 0 Å². The number of rotatable bonds is 0. The Morgan fingerprint density at radius 2 is 1.14 bits per heavy atom. The molecule has 0 amide bonds. The molecule has 0 spiro atoms. The number of nitriles is 4. The molecule has 28 heavy (non-hydrogen) atoms. The topological polar surface area (TPSA) is 129 Å². The van der Waals surface area contributed by atoms with Crippen LogP contribution in [0.2, 0.25) is 0 Å². The normalized spacial score (nSPS) is 20.6. The molecule has 2 atom stereocenters. The van der Waals surface area contributed by atoms with Gasteiger partial charge in [0.2, 0.25) is 0 Å². The van der Waals surface area contributed by atoms with Crippen LogP contribution in [-0.2, 0) is 0 Å². The molecule has 3 rings (SSSR count). The second kappa shape index (κ2) is 6.20. The summed E-state index contributed by atoms with van der Waals surface area (Å²) >= 11 is 0. The molecule has 2 unspecified atom stereocenters. The Balaban J connectivity index is 2.48. The lowest BCUT2D eigenvalue weighted by Crippen LogP contribution is -2.42. The Kier molecular flexibility index (Phi) is 4.11. The van der Waals surface area contributed by atoms with Gasteiger partial charge in [-0.1, -0.05) is 0 Å². The van der Waals surface area contributed by atoms with Gasteiger partial charge in [-0.15, -0.1) is 0 Å². The molecule has 0 bridgehead atoms. The summed E-state index contributed by atoms with van der Waals surface area (Å²) in [6.45, 7) is 1.21. The SMILES string of the molecule is CC1=C(C#N)C(C#N)=C(F)C2C(=O)c3c(F)c(C#N)c(C#N)c(F)c3C(=O)C12. The molecule has 2 aliphatic rings. The third-order valence-electron chi connectivity index (χ3n) is 4.84. The average molecular weight is 378 g/mol. The first-order valence-corrected chi connectivity index (χ1v) is 7.61. The maximum Gasteiger partial charge on any atom is 0.177 e. The van der Waals surface area contributed by atoms with Crippen LogP contribution >= 0.6 is 0 Å². The number of carbonyl (C=O) groups is 2. The van der Waals surface area contributed by atoms with Crippen molar-refractivity contribution in [3.63, 3.8) is 0 Å². The zero-order chi connectivity index (χ0) is 20.9. The van der Waals surface area contributed by atoms with Crippen molar-refractivity contribution in [3.8, 4) is 24.3 Å². The van der Waals surface area contributed by atoms with Crippen LogP contribution in [0.25, 0.3) is 0 Å². The van der Waals surface area contributed by atoms with Crippen LogP contribution in [0.4, 0.5) is 13.2 Å². The highest BCUT2D eigenvalue weighted by molar-refractivity contribution is 6.19. The van der Waals surface area contributed by atoms with Crippen LogP contribution in [0, 0.1) is 68.8 Å². The Bertz CT molecular complexity index is 1150.